The van der Waals surface area contributed by atoms with E-state index >= 15 is 0 Å². The highest BCUT2D eigenvalue weighted by Crippen LogP contribution is 2.31. The molecule has 3 nitrogen and oxygen atoms in total. The Morgan fingerprint density at radius 1 is 1.05 bits per heavy atom. The molecule has 0 amide bonds. The summed E-state index contributed by atoms with van der Waals surface area (Å²) in [6.45, 7) is 2.06. The Bertz CT molecular complexity index is 721. The predicted octanol–water partition coefficient (Wildman–Crippen LogP) is 3.81. The predicted molar refractivity (Wildman–Crippen MR) is 81.8 cm³/mol. The molecule has 0 aliphatic carbocycles. The average molecular weight is 251 g/mol. The van der Waals surface area contributed by atoms with Gasteiger partial charge in [-0.1, -0.05) is 30.3 Å². The van der Waals surface area contributed by atoms with Crippen LogP contribution in [0.3, 0.4) is 0 Å². The van der Waals surface area contributed by atoms with Crippen LogP contribution in [0, 0.1) is 6.92 Å². The number of para-hydroxylation sites is 2. The fourth-order valence-corrected chi connectivity index (χ4v) is 2.44. The zero-order valence-electron chi connectivity index (χ0n) is 11.1. The van der Waals surface area contributed by atoms with Gasteiger partial charge >= 0.3 is 0 Å². The number of nitrogens with one attached hydrogen (secondary N) is 1. The molecule has 3 rings (SSSR count). The summed E-state index contributed by atoms with van der Waals surface area (Å²) in [5.74, 6) is 0. The third kappa shape index (κ3) is 1.93. The van der Waals surface area contributed by atoms with Gasteiger partial charge in [-0.3, -0.25) is 0 Å². The second-order valence-electron chi connectivity index (χ2n) is 4.83. The third-order valence-electron chi connectivity index (χ3n) is 3.46. The van der Waals surface area contributed by atoms with Gasteiger partial charge in [0.2, 0.25) is 0 Å². The Balaban J connectivity index is 2.11. The number of fused-ring (bicyclic) bond motifs is 1. The Morgan fingerprint density at radius 2 is 1.84 bits per heavy atom. The topological polar surface area (TPSA) is 43.0 Å². The molecule has 0 unspecified atom stereocenters. The van der Waals surface area contributed by atoms with Gasteiger partial charge in [0.25, 0.3) is 0 Å². The Kier molecular flexibility index (Phi) is 2.67. The molecule has 96 valence electrons. The van der Waals surface area contributed by atoms with E-state index in [1.54, 1.807) is 0 Å². The number of aromatic nitrogens is 1. The van der Waals surface area contributed by atoms with Crippen LogP contribution in [0.4, 0.5) is 17.1 Å². The number of hydrogen-bond acceptors (Lipinski definition) is 2. The number of hydrogen-bond donors (Lipinski definition) is 2. The molecule has 0 spiro atoms. The van der Waals surface area contributed by atoms with Crippen molar-refractivity contribution in [2.75, 3.05) is 11.1 Å². The summed E-state index contributed by atoms with van der Waals surface area (Å²) < 4.78 is 2.12. The van der Waals surface area contributed by atoms with E-state index in [0.29, 0.717) is 0 Å². The second kappa shape index (κ2) is 4.35. The van der Waals surface area contributed by atoms with Crippen molar-refractivity contribution in [3.05, 3.63) is 54.2 Å². The molecule has 0 saturated carbocycles. The van der Waals surface area contributed by atoms with Crippen LogP contribution in [0.25, 0.3) is 10.9 Å². The SMILES string of the molecule is Cc1cccc(N)c1Nc1cn(C)c2ccccc12. The van der Waals surface area contributed by atoms with Gasteiger partial charge < -0.3 is 15.6 Å². The fourth-order valence-electron chi connectivity index (χ4n) is 2.44. The van der Waals surface area contributed by atoms with Crippen molar-refractivity contribution in [1.29, 1.82) is 0 Å². The van der Waals surface area contributed by atoms with Gasteiger partial charge in [-0.15, -0.1) is 0 Å². The molecule has 1 heterocycles. The molecule has 0 aliphatic heterocycles. The number of anilines is 3. The van der Waals surface area contributed by atoms with Gasteiger partial charge in [0.05, 0.1) is 17.1 Å². The highest BCUT2D eigenvalue weighted by molar-refractivity contribution is 5.96. The van der Waals surface area contributed by atoms with Crippen LogP contribution < -0.4 is 11.1 Å². The van der Waals surface area contributed by atoms with Gasteiger partial charge in [0.1, 0.15) is 0 Å². The molecule has 0 fully saturated rings. The van der Waals surface area contributed by atoms with Crippen molar-refractivity contribution >= 4 is 28.0 Å². The number of nitrogens with two attached hydrogens (primary N) is 1. The minimum absolute atomic E-state index is 0.771. The molecule has 2 aromatic carbocycles. The van der Waals surface area contributed by atoms with E-state index in [9.17, 15) is 0 Å². The number of nitrogens with zero attached hydrogens (tertiary/aromatic N) is 1. The lowest BCUT2D eigenvalue weighted by Crippen LogP contribution is -1.98. The van der Waals surface area contributed by atoms with E-state index < -0.39 is 0 Å². The summed E-state index contributed by atoms with van der Waals surface area (Å²) in [5.41, 5.74) is 11.2. The van der Waals surface area contributed by atoms with Crippen LogP contribution in [-0.4, -0.2) is 4.57 Å². The molecule has 3 N–H and O–H groups in total. The molecule has 0 aliphatic rings. The molecule has 3 aromatic rings. The molecule has 0 radical (unpaired) electrons. The van der Waals surface area contributed by atoms with Crippen molar-refractivity contribution in [3.8, 4) is 0 Å². The van der Waals surface area contributed by atoms with Crippen LogP contribution in [0.1, 0.15) is 5.56 Å². The van der Waals surface area contributed by atoms with Crippen molar-refractivity contribution in [2.45, 2.75) is 6.92 Å². The van der Waals surface area contributed by atoms with E-state index in [1.807, 2.05) is 18.2 Å². The van der Waals surface area contributed by atoms with E-state index in [0.717, 1.165) is 22.6 Å². The number of aryl methyl sites for hydroxylation is 2. The molecule has 0 atom stereocenters. The molecular weight excluding hydrogens is 234 g/mol. The lowest BCUT2D eigenvalue weighted by Gasteiger charge is -2.11. The summed E-state index contributed by atoms with van der Waals surface area (Å²) in [6, 6.07) is 14.3. The molecule has 0 bridgehead atoms. The largest absolute Gasteiger partial charge is 0.397 e. The zero-order valence-corrected chi connectivity index (χ0v) is 11.1. The van der Waals surface area contributed by atoms with Crippen molar-refractivity contribution < 1.29 is 0 Å². The Morgan fingerprint density at radius 3 is 2.63 bits per heavy atom. The Labute approximate surface area is 112 Å². The lowest BCUT2D eigenvalue weighted by molar-refractivity contribution is 0.970. The van der Waals surface area contributed by atoms with Crippen LogP contribution in [0.2, 0.25) is 0 Å². The van der Waals surface area contributed by atoms with E-state index in [2.05, 4.69) is 54.3 Å². The molecule has 0 saturated heterocycles. The smallest absolute Gasteiger partial charge is 0.0648 e. The normalized spacial score (nSPS) is 10.8. The highest BCUT2D eigenvalue weighted by Gasteiger charge is 2.08. The number of benzene rings is 2. The first-order valence-corrected chi connectivity index (χ1v) is 6.33. The summed E-state index contributed by atoms with van der Waals surface area (Å²) in [4.78, 5) is 0. The number of nitrogen functional groups attached to an aromatic ring is 1. The van der Waals surface area contributed by atoms with Crippen LogP contribution >= 0.6 is 0 Å². The first kappa shape index (κ1) is 11.7. The summed E-state index contributed by atoms with van der Waals surface area (Å²) in [5, 5.41) is 4.66. The first-order chi connectivity index (χ1) is 9.16. The third-order valence-corrected chi connectivity index (χ3v) is 3.46. The summed E-state index contributed by atoms with van der Waals surface area (Å²) in [6.07, 6.45) is 2.09. The van der Waals surface area contributed by atoms with Gasteiger partial charge in [0, 0.05) is 24.1 Å². The lowest BCUT2D eigenvalue weighted by atomic mass is 10.1. The Hall–Kier alpha value is -2.42. The standard InChI is InChI=1S/C16H17N3/c1-11-6-5-8-13(17)16(11)18-14-10-19(2)15-9-4-3-7-12(14)15/h3-10,18H,17H2,1-2H3. The number of rotatable bonds is 2. The van der Waals surface area contributed by atoms with Gasteiger partial charge in [-0.25, -0.2) is 0 Å². The van der Waals surface area contributed by atoms with E-state index in [4.69, 9.17) is 5.73 Å². The minimum atomic E-state index is 0.771. The molecule has 1 aromatic heterocycles. The zero-order chi connectivity index (χ0) is 13.4. The van der Waals surface area contributed by atoms with Crippen LogP contribution in [0.15, 0.2) is 48.7 Å². The fraction of sp³-hybridized carbons (Fsp3) is 0.125. The van der Waals surface area contributed by atoms with Gasteiger partial charge in [-0.05, 0) is 24.6 Å². The molecular formula is C16H17N3. The minimum Gasteiger partial charge on any atom is -0.397 e. The van der Waals surface area contributed by atoms with E-state index in [-0.39, 0.29) is 0 Å². The summed E-state index contributed by atoms with van der Waals surface area (Å²) in [7, 11) is 2.05. The maximum atomic E-state index is 6.05. The van der Waals surface area contributed by atoms with Gasteiger partial charge in [-0.2, -0.15) is 0 Å². The summed E-state index contributed by atoms with van der Waals surface area (Å²) >= 11 is 0. The average Bonchev–Trinajstić information content (AvgIpc) is 2.72. The van der Waals surface area contributed by atoms with E-state index in [1.165, 1.54) is 10.9 Å². The first-order valence-electron chi connectivity index (χ1n) is 6.33. The van der Waals surface area contributed by atoms with Crippen LogP contribution in [0.5, 0.6) is 0 Å². The van der Waals surface area contributed by atoms with Gasteiger partial charge in [0.15, 0.2) is 0 Å². The maximum Gasteiger partial charge on any atom is 0.0648 e. The van der Waals surface area contributed by atoms with Crippen LogP contribution in [-0.2, 0) is 7.05 Å². The highest BCUT2D eigenvalue weighted by atomic mass is 15.0. The molecule has 3 heteroatoms. The van der Waals surface area contributed by atoms with Crippen molar-refractivity contribution in [3.63, 3.8) is 0 Å². The quantitative estimate of drug-likeness (QED) is 0.680. The second-order valence-corrected chi connectivity index (χ2v) is 4.83. The monoisotopic (exact) mass is 251 g/mol. The van der Waals surface area contributed by atoms with Crippen molar-refractivity contribution in [2.24, 2.45) is 7.05 Å². The maximum absolute atomic E-state index is 6.05. The molecule has 19 heavy (non-hydrogen) atoms. The van der Waals surface area contributed by atoms with Crippen molar-refractivity contribution in [1.82, 2.24) is 4.57 Å².